The summed E-state index contributed by atoms with van der Waals surface area (Å²) in [6.07, 6.45) is 3.48. The Labute approximate surface area is 148 Å². The molecule has 0 spiro atoms. The topological polar surface area (TPSA) is 94.1 Å². The average molecular weight is 352 g/mol. The van der Waals surface area contributed by atoms with Crippen LogP contribution in [0.3, 0.4) is 0 Å². The number of amides is 1. The SMILES string of the molecule is C=C(C)C(=O)OCCOC(=O)NC1CC(C)(C)CC(C)(CN=C=O)C1. The summed E-state index contributed by atoms with van der Waals surface area (Å²) in [7, 11) is 0. The first-order valence-electron chi connectivity index (χ1n) is 8.36. The lowest BCUT2D eigenvalue weighted by Gasteiger charge is -2.45. The van der Waals surface area contributed by atoms with Crippen molar-refractivity contribution in [3.63, 3.8) is 0 Å². The van der Waals surface area contributed by atoms with E-state index in [1.54, 1.807) is 13.0 Å². The van der Waals surface area contributed by atoms with Crippen molar-refractivity contribution in [1.82, 2.24) is 5.32 Å². The first-order chi connectivity index (χ1) is 11.6. The van der Waals surface area contributed by atoms with Crippen LogP contribution < -0.4 is 5.32 Å². The second kappa shape index (κ2) is 8.81. The zero-order valence-electron chi connectivity index (χ0n) is 15.5. The number of carbonyl (C=O) groups excluding carboxylic acids is 3. The Hall–Kier alpha value is -2.14. The third-order valence-corrected chi connectivity index (χ3v) is 4.19. The molecule has 1 N–H and O–H groups in total. The number of hydrogen-bond donors (Lipinski definition) is 1. The van der Waals surface area contributed by atoms with Gasteiger partial charge in [-0.05, 0) is 37.0 Å². The molecule has 140 valence electrons. The van der Waals surface area contributed by atoms with Gasteiger partial charge >= 0.3 is 12.1 Å². The molecule has 7 heteroatoms. The second-order valence-corrected chi connectivity index (χ2v) is 7.86. The standard InChI is InChI=1S/C18H28N2O5/c1-13(2)15(22)24-6-7-25-16(23)20-14-8-17(3,4)10-18(5,9-14)11-19-12-21/h14H,1,6-11H2,2-5H3,(H,20,23). The lowest BCUT2D eigenvalue weighted by molar-refractivity contribution is -0.139. The summed E-state index contributed by atoms with van der Waals surface area (Å²) in [4.78, 5) is 37.3. The van der Waals surface area contributed by atoms with Crippen LogP contribution in [0.2, 0.25) is 0 Å². The average Bonchev–Trinajstić information content (AvgIpc) is 2.47. The molecular formula is C18H28N2O5. The van der Waals surface area contributed by atoms with Crippen molar-refractivity contribution in [2.24, 2.45) is 15.8 Å². The first-order valence-corrected chi connectivity index (χ1v) is 8.36. The van der Waals surface area contributed by atoms with Gasteiger partial charge in [0.2, 0.25) is 6.08 Å². The van der Waals surface area contributed by atoms with Crippen molar-refractivity contribution in [1.29, 1.82) is 0 Å². The highest BCUT2D eigenvalue weighted by molar-refractivity contribution is 5.86. The normalized spacial score (nSPS) is 24.6. The summed E-state index contributed by atoms with van der Waals surface area (Å²) in [6.45, 7) is 11.7. The Morgan fingerprint density at radius 2 is 1.88 bits per heavy atom. The van der Waals surface area contributed by atoms with Crippen LogP contribution in [0.1, 0.15) is 47.0 Å². The minimum atomic E-state index is -0.546. The summed E-state index contributed by atoms with van der Waals surface area (Å²) in [6, 6.07) is -0.0685. The zero-order valence-corrected chi connectivity index (χ0v) is 15.5. The number of nitrogens with one attached hydrogen (secondary N) is 1. The van der Waals surface area contributed by atoms with E-state index < -0.39 is 12.1 Å². The van der Waals surface area contributed by atoms with Crippen LogP contribution >= 0.6 is 0 Å². The van der Waals surface area contributed by atoms with Crippen molar-refractivity contribution in [2.75, 3.05) is 19.8 Å². The van der Waals surface area contributed by atoms with Gasteiger partial charge in [-0.3, -0.25) is 0 Å². The number of nitrogens with zero attached hydrogens (tertiary/aromatic N) is 1. The highest BCUT2D eigenvalue weighted by Gasteiger charge is 2.41. The fourth-order valence-corrected chi connectivity index (χ4v) is 3.68. The summed E-state index contributed by atoms with van der Waals surface area (Å²) in [5, 5.41) is 2.86. The molecular weight excluding hydrogens is 324 g/mol. The predicted octanol–water partition coefficient (Wildman–Crippen LogP) is 2.75. The molecule has 2 unspecified atom stereocenters. The van der Waals surface area contributed by atoms with Crippen molar-refractivity contribution in [3.05, 3.63) is 12.2 Å². The third kappa shape index (κ3) is 7.52. The monoisotopic (exact) mass is 352 g/mol. The number of carbonyl (C=O) groups is 2. The van der Waals surface area contributed by atoms with Gasteiger partial charge in [-0.2, -0.15) is 0 Å². The fraction of sp³-hybridized carbons (Fsp3) is 0.722. The lowest BCUT2D eigenvalue weighted by atomic mass is 9.62. The van der Waals surface area contributed by atoms with E-state index in [4.69, 9.17) is 9.47 Å². The molecule has 0 radical (unpaired) electrons. The molecule has 1 aliphatic rings. The van der Waals surface area contributed by atoms with Crippen LogP contribution in [0.5, 0.6) is 0 Å². The van der Waals surface area contributed by atoms with E-state index in [0.29, 0.717) is 18.5 Å². The maximum Gasteiger partial charge on any atom is 0.407 e. The Morgan fingerprint density at radius 3 is 2.48 bits per heavy atom. The molecule has 1 aliphatic carbocycles. The van der Waals surface area contributed by atoms with Gasteiger partial charge in [0.1, 0.15) is 13.2 Å². The number of hydrogen-bond acceptors (Lipinski definition) is 6. The maximum atomic E-state index is 11.9. The summed E-state index contributed by atoms with van der Waals surface area (Å²) in [5.41, 5.74) is 0.139. The molecule has 0 aromatic heterocycles. The Morgan fingerprint density at radius 1 is 1.24 bits per heavy atom. The highest BCUT2D eigenvalue weighted by atomic mass is 16.6. The fourth-order valence-electron chi connectivity index (χ4n) is 3.68. The van der Waals surface area contributed by atoms with E-state index in [1.807, 2.05) is 0 Å². The van der Waals surface area contributed by atoms with Gasteiger partial charge < -0.3 is 14.8 Å². The molecule has 0 heterocycles. The van der Waals surface area contributed by atoms with Gasteiger partial charge in [-0.1, -0.05) is 27.4 Å². The maximum absolute atomic E-state index is 11.9. The Bertz CT molecular complexity index is 566. The molecule has 1 fully saturated rings. The van der Waals surface area contributed by atoms with Crippen LogP contribution in [0.15, 0.2) is 17.1 Å². The quantitative estimate of drug-likeness (QED) is 0.250. The van der Waals surface area contributed by atoms with Crippen LogP contribution in [0.4, 0.5) is 4.79 Å². The molecule has 0 bridgehead atoms. The molecule has 0 saturated heterocycles. The molecule has 1 rings (SSSR count). The van der Waals surface area contributed by atoms with Crippen molar-refractivity contribution >= 4 is 18.1 Å². The largest absolute Gasteiger partial charge is 0.459 e. The molecule has 1 amide bonds. The molecule has 0 aliphatic heterocycles. The number of isocyanates is 1. The predicted molar refractivity (Wildman–Crippen MR) is 92.8 cm³/mol. The summed E-state index contributed by atoms with van der Waals surface area (Å²) in [5.74, 6) is -0.510. The van der Waals surface area contributed by atoms with Crippen LogP contribution in [0.25, 0.3) is 0 Å². The smallest absolute Gasteiger partial charge is 0.407 e. The van der Waals surface area contributed by atoms with E-state index in [1.165, 1.54) is 0 Å². The van der Waals surface area contributed by atoms with Crippen molar-refractivity contribution < 1.29 is 23.9 Å². The number of rotatable bonds is 7. The molecule has 2 atom stereocenters. The van der Waals surface area contributed by atoms with Crippen molar-refractivity contribution in [3.8, 4) is 0 Å². The Kier molecular flexibility index (Phi) is 7.37. The minimum Gasteiger partial charge on any atom is -0.459 e. The van der Waals surface area contributed by atoms with Gasteiger partial charge in [-0.15, -0.1) is 0 Å². The highest BCUT2D eigenvalue weighted by Crippen LogP contribution is 2.46. The van der Waals surface area contributed by atoms with Gasteiger partial charge in [0.15, 0.2) is 0 Å². The van der Waals surface area contributed by atoms with Gasteiger partial charge in [0, 0.05) is 11.6 Å². The van der Waals surface area contributed by atoms with Crippen LogP contribution in [-0.2, 0) is 19.1 Å². The number of alkyl carbamates (subject to hydrolysis) is 1. The van der Waals surface area contributed by atoms with Crippen LogP contribution in [-0.4, -0.2) is 43.9 Å². The third-order valence-electron chi connectivity index (χ3n) is 4.19. The van der Waals surface area contributed by atoms with Crippen LogP contribution in [0, 0.1) is 10.8 Å². The second-order valence-electron chi connectivity index (χ2n) is 7.86. The van der Waals surface area contributed by atoms with E-state index in [2.05, 4.69) is 37.7 Å². The molecule has 0 aromatic rings. The lowest BCUT2D eigenvalue weighted by Crippen LogP contribution is -2.48. The van der Waals surface area contributed by atoms with E-state index in [9.17, 15) is 14.4 Å². The van der Waals surface area contributed by atoms with Crippen molar-refractivity contribution in [2.45, 2.75) is 53.0 Å². The van der Waals surface area contributed by atoms with E-state index >= 15 is 0 Å². The first kappa shape index (κ1) is 20.9. The molecule has 25 heavy (non-hydrogen) atoms. The van der Waals surface area contributed by atoms with Gasteiger partial charge in [0.05, 0.1) is 6.54 Å². The zero-order chi connectivity index (χ0) is 19.1. The molecule has 0 aromatic carbocycles. The molecule has 1 saturated carbocycles. The number of esters is 1. The summed E-state index contributed by atoms with van der Waals surface area (Å²) < 4.78 is 9.91. The molecule has 7 nitrogen and oxygen atoms in total. The number of aliphatic imine (C=N–C) groups is 1. The summed E-state index contributed by atoms with van der Waals surface area (Å²) >= 11 is 0. The van der Waals surface area contributed by atoms with Gasteiger partial charge in [-0.25, -0.2) is 19.4 Å². The number of ether oxygens (including phenoxy) is 2. The van der Waals surface area contributed by atoms with E-state index in [-0.39, 0.29) is 30.1 Å². The van der Waals surface area contributed by atoms with E-state index in [0.717, 1.165) is 12.8 Å². The minimum absolute atomic E-state index is 0.0129. The Balaban J connectivity index is 2.48. The van der Waals surface area contributed by atoms with Gasteiger partial charge in [0.25, 0.3) is 0 Å².